The van der Waals surface area contributed by atoms with Crippen molar-refractivity contribution in [3.8, 4) is 0 Å². The van der Waals surface area contributed by atoms with Crippen molar-refractivity contribution in [2.45, 2.75) is 17.4 Å². The summed E-state index contributed by atoms with van der Waals surface area (Å²) in [6.07, 6.45) is -3.29. The number of para-hydroxylation sites is 1. The Morgan fingerprint density at radius 2 is 1.89 bits per heavy atom. The highest BCUT2D eigenvalue weighted by atomic mass is 35.5. The van der Waals surface area contributed by atoms with Crippen LogP contribution in [-0.4, -0.2) is 27.4 Å². The van der Waals surface area contributed by atoms with Crippen molar-refractivity contribution >= 4 is 52.5 Å². The number of carbonyl (C=O) groups is 3. The summed E-state index contributed by atoms with van der Waals surface area (Å²) >= 11 is 10.7. The Bertz CT molecular complexity index is 854. The zero-order valence-electron chi connectivity index (χ0n) is 13.1. The number of amides is 2. The number of ketones is 1. The van der Waals surface area contributed by atoms with Gasteiger partial charge in [0.05, 0.1) is 23.9 Å². The van der Waals surface area contributed by atoms with Crippen LogP contribution in [0.3, 0.4) is 0 Å². The van der Waals surface area contributed by atoms with Gasteiger partial charge in [0.15, 0.2) is 10.6 Å². The van der Waals surface area contributed by atoms with Crippen molar-refractivity contribution in [3.63, 3.8) is 0 Å². The number of hydrogen-bond acceptors (Lipinski definition) is 5. The first-order valence-corrected chi connectivity index (χ1v) is 7.98. The molecule has 2 rings (SSSR count). The molecule has 0 aliphatic heterocycles. The second-order valence-corrected chi connectivity index (χ2v) is 6.10. The number of Topliss-reactive ketones (excluding diaryl/α,β-unsaturated/α-hetero) is 1. The summed E-state index contributed by atoms with van der Waals surface area (Å²) < 4.78 is 44.5. The molecule has 7 nitrogen and oxygen atoms in total. The fraction of sp³-hybridized carbons (Fsp3) is 0.200. The Labute approximate surface area is 159 Å². The molecule has 144 valence electrons. The molecule has 0 aliphatic rings. The number of halogens is 5. The summed E-state index contributed by atoms with van der Waals surface area (Å²) in [5.74, 6) is -3.01. The fourth-order valence-corrected chi connectivity index (χ4v) is 2.13. The predicted octanol–water partition coefficient (Wildman–Crippen LogP) is 3.65. The average Bonchev–Trinajstić information content (AvgIpc) is 3.06. The molecule has 0 fully saturated rings. The number of aromatic nitrogens is 1. The minimum absolute atomic E-state index is 0.183. The highest BCUT2D eigenvalue weighted by molar-refractivity contribution is 6.54. The molecule has 1 aromatic heterocycles. The maximum absolute atomic E-state index is 13.2. The van der Waals surface area contributed by atoms with E-state index in [0.29, 0.717) is 6.07 Å². The van der Waals surface area contributed by atoms with Gasteiger partial charge >= 0.3 is 12.2 Å². The van der Waals surface area contributed by atoms with Gasteiger partial charge in [-0.3, -0.25) is 19.7 Å². The Kier molecular flexibility index (Phi) is 6.45. The maximum atomic E-state index is 13.2. The van der Waals surface area contributed by atoms with Gasteiger partial charge < -0.3 is 9.73 Å². The molecule has 27 heavy (non-hydrogen) atoms. The summed E-state index contributed by atoms with van der Waals surface area (Å²) in [7, 11) is 0. The number of nitrogens with one attached hydrogen (secondary N) is 2. The van der Waals surface area contributed by atoms with Gasteiger partial charge in [0.25, 0.3) is 5.91 Å². The standard InChI is InChI=1S/C15H10Cl2F3N3O4/c16-12(17)13(26)23-11-7(2-1-3-8(11)15(18,19)20)9(24)6-10(25)22-14-21-4-5-27-14/h1-5,12H,6H2,(H,23,26)(H,21,22,25). The Balaban J connectivity index is 2.32. The van der Waals surface area contributed by atoms with E-state index >= 15 is 0 Å². The van der Waals surface area contributed by atoms with E-state index in [9.17, 15) is 27.6 Å². The number of alkyl halides is 5. The van der Waals surface area contributed by atoms with Crippen LogP contribution in [0.25, 0.3) is 0 Å². The van der Waals surface area contributed by atoms with Gasteiger partial charge in [-0.1, -0.05) is 29.3 Å². The SMILES string of the molecule is O=C(CC(=O)c1cccc(C(F)(F)F)c1NC(=O)C(Cl)Cl)Nc1ncco1. The first-order chi connectivity index (χ1) is 12.6. The lowest BCUT2D eigenvalue weighted by Gasteiger charge is -2.17. The van der Waals surface area contributed by atoms with E-state index in [1.54, 1.807) is 0 Å². The van der Waals surface area contributed by atoms with Gasteiger partial charge in [-0.05, 0) is 12.1 Å². The summed E-state index contributed by atoms with van der Waals surface area (Å²) in [4.78, 5) is 37.8. The Hall–Kier alpha value is -2.59. The van der Waals surface area contributed by atoms with Gasteiger partial charge in [0.1, 0.15) is 6.26 Å². The highest BCUT2D eigenvalue weighted by Crippen LogP contribution is 2.37. The fourth-order valence-electron chi connectivity index (χ4n) is 2.02. The molecule has 1 heterocycles. The van der Waals surface area contributed by atoms with Crippen LogP contribution >= 0.6 is 23.2 Å². The van der Waals surface area contributed by atoms with Crippen molar-refractivity contribution in [2.75, 3.05) is 10.6 Å². The summed E-state index contributed by atoms with van der Waals surface area (Å²) in [6, 6.07) is 2.48. The molecule has 1 aromatic carbocycles. The monoisotopic (exact) mass is 423 g/mol. The molecule has 0 atom stereocenters. The van der Waals surface area contributed by atoms with Crippen LogP contribution in [0.2, 0.25) is 0 Å². The van der Waals surface area contributed by atoms with E-state index < -0.39 is 51.8 Å². The van der Waals surface area contributed by atoms with Crippen molar-refractivity contribution in [1.29, 1.82) is 0 Å². The molecule has 2 aromatic rings. The van der Waals surface area contributed by atoms with E-state index in [2.05, 4.69) is 10.3 Å². The van der Waals surface area contributed by atoms with Gasteiger partial charge in [0, 0.05) is 5.56 Å². The third-order valence-electron chi connectivity index (χ3n) is 3.12. The first kappa shape index (κ1) is 20.7. The van der Waals surface area contributed by atoms with Crippen molar-refractivity contribution in [1.82, 2.24) is 4.98 Å². The van der Waals surface area contributed by atoms with Crippen LogP contribution in [0.1, 0.15) is 22.3 Å². The number of rotatable bonds is 6. The molecule has 0 unspecified atom stereocenters. The molecular weight excluding hydrogens is 414 g/mol. The lowest BCUT2D eigenvalue weighted by Crippen LogP contribution is -2.24. The van der Waals surface area contributed by atoms with Crippen LogP contribution in [0.5, 0.6) is 0 Å². The number of hydrogen-bond donors (Lipinski definition) is 2. The smallest absolute Gasteiger partial charge is 0.418 e. The van der Waals surface area contributed by atoms with E-state index in [0.717, 1.165) is 12.1 Å². The number of carbonyl (C=O) groups excluding carboxylic acids is 3. The summed E-state index contributed by atoms with van der Waals surface area (Å²) in [6.45, 7) is 0. The maximum Gasteiger partial charge on any atom is 0.418 e. The van der Waals surface area contributed by atoms with E-state index in [1.807, 2.05) is 5.32 Å². The van der Waals surface area contributed by atoms with Crippen LogP contribution in [0.15, 0.2) is 35.1 Å². The first-order valence-electron chi connectivity index (χ1n) is 7.11. The normalized spacial score (nSPS) is 11.3. The zero-order chi connectivity index (χ0) is 20.2. The summed E-state index contributed by atoms with van der Waals surface area (Å²) in [5, 5.41) is 4.04. The van der Waals surface area contributed by atoms with Gasteiger partial charge in [-0.25, -0.2) is 4.98 Å². The molecule has 0 saturated heterocycles. The van der Waals surface area contributed by atoms with E-state index in [1.165, 1.54) is 12.5 Å². The minimum Gasteiger partial charge on any atom is -0.432 e. The topological polar surface area (TPSA) is 101 Å². The highest BCUT2D eigenvalue weighted by Gasteiger charge is 2.36. The molecule has 2 N–H and O–H groups in total. The number of oxazole rings is 1. The molecule has 0 bridgehead atoms. The zero-order valence-corrected chi connectivity index (χ0v) is 14.7. The lowest BCUT2D eigenvalue weighted by molar-refractivity contribution is -0.137. The van der Waals surface area contributed by atoms with Crippen molar-refractivity contribution in [2.24, 2.45) is 0 Å². The number of benzene rings is 1. The van der Waals surface area contributed by atoms with Gasteiger partial charge in [-0.2, -0.15) is 13.2 Å². The van der Waals surface area contributed by atoms with E-state index in [4.69, 9.17) is 27.6 Å². The third-order valence-corrected chi connectivity index (χ3v) is 3.51. The lowest BCUT2D eigenvalue weighted by atomic mass is 10.0. The number of nitrogens with zero attached hydrogens (tertiary/aromatic N) is 1. The van der Waals surface area contributed by atoms with Crippen LogP contribution in [-0.2, 0) is 15.8 Å². The van der Waals surface area contributed by atoms with Gasteiger partial charge in [-0.15, -0.1) is 0 Å². The predicted molar refractivity (Wildman–Crippen MR) is 89.6 cm³/mol. The third kappa shape index (κ3) is 5.44. The molecule has 0 radical (unpaired) electrons. The minimum atomic E-state index is -4.88. The Morgan fingerprint density at radius 3 is 2.44 bits per heavy atom. The van der Waals surface area contributed by atoms with Crippen LogP contribution in [0, 0.1) is 0 Å². The molecular formula is C15H10Cl2F3N3O4. The number of anilines is 2. The van der Waals surface area contributed by atoms with Crippen LogP contribution < -0.4 is 10.6 Å². The quantitative estimate of drug-likeness (QED) is 0.419. The molecule has 0 saturated carbocycles. The average molecular weight is 424 g/mol. The Morgan fingerprint density at radius 1 is 1.19 bits per heavy atom. The van der Waals surface area contributed by atoms with Gasteiger partial charge in [0.2, 0.25) is 5.91 Å². The second kappa shape index (κ2) is 8.40. The van der Waals surface area contributed by atoms with E-state index in [-0.39, 0.29) is 6.01 Å². The van der Waals surface area contributed by atoms with Crippen molar-refractivity contribution < 1.29 is 32.0 Å². The largest absolute Gasteiger partial charge is 0.432 e. The molecule has 2 amide bonds. The molecule has 12 heteroatoms. The molecule has 0 spiro atoms. The van der Waals surface area contributed by atoms with Crippen LogP contribution in [0.4, 0.5) is 24.9 Å². The summed E-state index contributed by atoms with van der Waals surface area (Å²) in [5.41, 5.74) is -2.66. The second-order valence-electron chi connectivity index (χ2n) is 5.00. The molecule has 0 aliphatic carbocycles. The van der Waals surface area contributed by atoms with Crippen molar-refractivity contribution in [3.05, 3.63) is 41.8 Å².